The van der Waals surface area contributed by atoms with Gasteiger partial charge in [-0.3, -0.25) is 9.10 Å². The quantitative estimate of drug-likeness (QED) is 0.664. The summed E-state index contributed by atoms with van der Waals surface area (Å²) in [5.74, 6) is -0.735. The summed E-state index contributed by atoms with van der Waals surface area (Å²) in [4.78, 5) is 13.9. The summed E-state index contributed by atoms with van der Waals surface area (Å²) in [6.07, 6.45) is 1.46. The van der Waals surface area contributed by atoms with Crippen molar-refractivity contribution in [3.05, 3.63) is 64.9 Å². The van der Waals surface area contributed by atoms with Crippen molar-refractivity contribution in [3.8, 4) is 0 Å². The molecular formula is C19H22ClFN2O3S. The number of benzene rings is 2. The monoisotopic (exact) mass is 412 g/mol. The van der Waals surface area contributed by atoms with Gasteiger partial charge < -0.3 is 4.90 Å². The number of hydrogen-bond acceptors (Lipinski definition) is 3. The number of nitrogens with zero attached hydrogens (tertiary/aromatic N) is 2. The zero-order valence-electron chi connectivity index (χ0n) is 15.2. The Labute approximate surface area is 164 Å². The Balaban J connectivity index is 1.95. The maximum Gasteiger partial charge on any atom is 0.232 e. The van der Waals surface area contributed by atoms with Gasteiger partial charge in [0, 0.05) is 31.6 Å². The molecule has 0 saturated heterocycles. The van der Waals surface area contributed by atoms with E-state index >= 15 is 0 Å². The van der Waals surface area contributed by atoms with Crippen molar-refractivity contribution >= 4 is 33.2 Å². The fraction of sp³-hybridized carbons (Fsp3) is 0.316. The summed E-state index contributed by atoms with van der Waals surface area (Å²) in [6.45, 7) is 0.458. The van der Waals surface area contributed by atoms with Gasteiger partial charge in [-0.05, 0) is 36.2 Å². The molecule has 0 aliphatic rings. The zero-order chi connectivity index (χ0) is 20.0. The van der Waals surface area contributed by atoms with Crippen molar-refractivity contribution in [2.24, 2.45) is 0 Å². The van der Waals surface area contributed by atoms with E-state index in [1.807, 2.05) is 12.1 Å². The molecule has 0 radical (unpaired) electrons. The van der Waals surface area contributed by atoms with Gasteiger partial charge in [0.2, 0.25) is 15.9 Å². The third-order valence-corrected chi connectivity index (χ3v) is 5.46. The Morgan fingerprint density at radius 1 is 1.11 bits per heavy atom. The van der Waals surface area contributed by atoms with Gasteiger partial charge in [-0.1, -0.05) is 35.9 Å². The lowest BCUT2D eigenvalue weighted by atomic mass is 10.2. The van der Waals surface area contributed by atoms with Crippen LogP contribution >= 0.6 is 11.6 Å². The van der Waals surface area contributed by atoms with Crippen LogP contribution in [0.1, 0.15) is 18.4 Å². The summed E-state index contributed by atoms with van der Waals surface area (Å²) in [5, 5.41) is 0.627. The molecule has 0 unspecified atom stereocenters. The smallest absolute Gasteiger partial charge is 0.232 e. The van der Waals surface area contributed by atoms with Gasteiger partial charge in [-0.2, -0.15) is 0 Å². The van der Waals surface area contributed by atoms with E-state index in [9.17, 15) is 17.6 Å². The minimum absolute atomic E-state index is 0.0121. The summed E-state index contributed by atoms with van der Waals surface area (Å²) in [7, 11) is -1.97. The van der Waals surface area contributed by atoms with Crippen molar-refractivity contribution in [3.63, 3.8) is 0 Å². The molecule has 0 saturated carbocycles. The lowest BCUT2D eigenvalue weighted by Gasteiger charge is -2.23. The molecule has 27 heavy (non-hydrogen) atoms. The van der Waals surface area contributed by atoms with E-state index in [-0.39, 0.29) is 31.0 Å². The van der Waals surface area contributed by atoms with E-state index in [1.165, 1.54) is 18.2 Å². The van der Waals surface area contributed by atoms with Crippen molar-refractivity contribution in [1.29, 1.82) is 0 Å². The topological polar surface area (TPSA) is 57.7 Å². The van der Waals surface area contributed by atoms with Gasteiger partial charge in [0.15, 0.2) is 0 Å². The van der Waals surface area contributed by atoms with Crippen LogP contribution in [0.15, 0.2) is 48.5 Å². The van der Waals surface area contributed by atoms with E-state index in [2.05, 4.69) is 0 Å². The predicted octanol–water partition coefficient (Wildman–Crippen LogP) is 3.68. The van der Waals surface area contributed by atoms with Crippen LogP contribution in [0.2, 0.25) is 5.02 Å². The highest BCUT2D eigenvalue weighted by atomic mass is 35.5. The van der Waals surface area contributed by atoms with Crippen LogP contribution in [0.3, 0.4) is 0 Å². The molecule has 8 heteroatoms. The van der Waals surface area contributed by atoms with Gasteiger partial charge in [0.1, 0.15) is 5.82 Å². The first kappa shape index (κ1) is 21.2. The second-order valence-corrected chi connectivity index (χ2v) is 8.61. The molecular weight excluding hydrogens is 391 g/mol. The first-order valence-corrected chi connectivity index (χ1v) is 10.6. The number of hydrogen-bond donors (Lipinski definition) is 0. The number of sulfonamides is 1. The number of anilines is 1. The van der Waals surface area contributed by atoms with Gasteiger partial charge >= 0.3 is 0 Å². The third-order valence-electron chi connectivity index (χ3n) is 4.03. The van der Waals surface area contributed by atoms with Crippen molar-refractivity contribution < 1.29 is 17.6 Å². The Morgan fingerprint density at radius 3 is 2.33 bits per heavy atom. The number of amides is 1. The molecule has 146 valence electrons. The van der Waals surface area contributed by atoms with E-state index < -0.39 is 15.8 Å². The highest BCUT2D eigenvalue weighted by molar-refractivity contribution is 7.92. The first-order chi connectivity index (χ1) is 12.7. The first-order valence-electron chi connectivity index (χ1n) is 8.39. The molecule has 2 aromatic carbocycles. The third kappa shape index (κ3) is 6.22. The second kappa shape index (κ2) is 9.19. The zero-order valence-corrected chi connectivity index (χ0v) is 16.8. The summed E-state index contributed by atoms with van der Waals surface area (Å²) in [6, 6.07) is 12.9. The molecule has 0 bridgehead atoms. The van der Waals surface area contributed by atoms with Crippen molar-refractivity contribution in [2.75, 3.05) is 24.2 Å². The average Bonchev–Trinajstić information content (AvgIpc) is 2.60. The highest BCUT2D eigenvalue weighted by Gasteiger charge is 2.21. The van der Waals surface area contributed by atoms with E-state index in [0.29, 0.717) is 11.6 Å². The molecule has 0 heterocycles. The van der Waals surface area contributed by atoms with Crippen LogP contribution in [0.4, 0.5) is 10.1 Å². The fourth-order valence-corrected chi connectivity index (χ4v) is 3.73. The fourth-order valence-electron chi connectivity index (χ4n) is 2.64. The summed E-state index contributed by atoms with van der Waals surface area (Å²) < 4.78 is 39.0. The SMILES string of the molecule is CN(Cc1ccc(Cl)cc1)C(=O)CCCN(c1ccccc1F)S(C)(=O)=O. The van der Waals surface area contributed by atoms with Crippen LogP contribution < -0.4 is 4.31 Å². The Hall–Kier alpha value is -2.12. The maximum atomic E-state index is 14.0. The van der Waals surface area contributed by atoms with Crippen molar-refractivity contribution in [1.82, 2.24) is 4.90 Å². The largest absolute Gasteiger partial charge is 0.341 e. The van der Waals surface area contributed by atoms with Crippen LogP contribution in [-0.4, -0.2) is 39.1 Å². The summed E-state index contributed by atoms with van der Waals surface area (Å²) in [5.41, 5.74) is 0.932. The van der Waals surface area contributed by atoms with Gasteiger partial charge in [0.05, 0.1) is 11.9 Å². The molecule has 0 aromatic heterocycles. The molecule has 5 nitrogen and oxygen atoms in total. The molecule has 0 spiro atoms. The average molecular weight is 413 g/mol. The molecule has 2 aromatic rings. The molecule has 0 N–H and O–H groups in total. The minimum atomic E-state index is -3.66. The maximum absolute atomic E-state index is 14.0. The van der Waals surface area contributed by atoms with E-state index in [1.54, 1.807) is 30.1 Å². The molecule has 0 atom stereocenters. The second-order valence-electron chi connectivity index (χ2n) is 6.27. The minimum Gasteiger partial charge on any atom is -0.341 e. The molecule has 0 aliphatic carbocycles. The Kier molecular flexibility index (Phi) is 7.21. The molecule has 1 amide bonds. The Bertz CT molecular complexity index is 888. The van der Waals surface area contributed by atoms with Crippen LogP contribution in [0.5, 0.6) is 0 Å². The highest BCUT2D eigenvalue weighted by Crippen LogP contribution is 2.22. The van der Waals surface area contributed by atoms with E-state index in [0.717, 1.165) is 16.1 Å². The Morgan fingerprint density at radius 2 is 1.74 bits per heavy atom. The predicted molar refractivity (Wildman–Crippen MR) is 106 cm³/mol. The molecule has 0 fully saturated rings. The number of carbonyl (C=O) groups is 1. The van der Waals surface area contributed by atoms with Crippen LogP contribution in [0.25, 0.3) is 0 Å². The van der Waals surface area contributed by atoms with Gasteiger partial charge in [-0.15, -0.1) is 0 Å². The summed E-state index contributed by atoms with van der Waals surface area (Å²) >= 11 is 5.85. The van der Waals surface area contributed by atoms with Crippen LogP contribution in [0, 0.1) is 5.82 Å². The van der Waals surface area contributed by atoms with Gasteiger partial charge in [-0.25, -0.2) is 12.8 Å². The molecule has 0 aliphatic heterocycles. The number of carbonyl (C=O) groups excluding carboxylic acids is 1. The molecule has 2 rings (SSSR count). The number of para-hydroxylation sites is 1. The standard InChI is InChI=1S/C19H22ClFN2O3S/c1-22(14-15-9-11-16(20)12-10-15)19(24)8-5-13-23(27(2,25)26)18-7-4-3-6-17(18)21/h3-4,6-7,9-12H,5,8,13-14H2,1-2H3. The number of rotatable bonds is 8. The van der Waals surface area contributed by atoms with Gasteiger partial charge in [0.25, 0.3) is 0 Å². The van der Waals surface area contributed by atoms with Crippen molar-refractivity contribution in [2.45, 2.75) is 19.4 Å². The van der Waals surface area contributed by atoms with Crippen LogP contribution in [-0.2, 0) is 21.4 Å². The normalized spacial score (nSPS) is 11.3. The van der Waals surface area contributed by atoms with E-state index in [4.69, 9.17) is 11.6 Å². The lowest BCUT2D eigenvalue weighted by Crippen LogP contribution is -2.33. The number of halogens is 2. The lowest BCUT2D eigenvalue weighted by molar-refractivity contribution is -0.130.